The zero-order chi connectivity index (χ0) is 15.5. The normalized spacial score (nSPS) is 11.5. The van der Waals surface area contributed by atoms with Crippen molar-refractivity contribution in [2.75, 3.05) is 6.54 Å². The Labute approximate surface area is 117 Å². The molecule has 1 N–H and O–H groups in total. The van der Waals surface area contributed by atoms with Gasteiger partial charge in [-0.05, 0) is 23.5 Å². The second kappa shape index (κ2) is 5.98. The lowest BCUT2D eigenvalue weighted by Crippen LogP contribution is -2.37. The number of benzene rings is 1. The van der Waals surface area contributed by atoms with Gasteiger partial charge in [0.2, 0.25) is 5.82 Å². The Morgan fingerprint density at radius 1 is 1.45 bits per heavy atom. The third-order valence-corrected chi connectivity index (χ3v) is 3.67. The minimum absolute atomic E-state index is 0.0812. The largest absolute Gasteiger partial charge is 0.351 e. The zero-order valence-corrected chi connectivity index (χ0v) is 12.1. The second-order valence-corrected chi connectivity index (χ2v) is 5.75. The number of carbonyl (C=O) groups excluding carboxylic acids is 1. The maximum Gasteiger partial charge on any atom is 0.305 e. The summed E-state index contributed by atoms with van der Waals surface area (Å²) in [6.07, 6.45) is 0. The van der Waals surface area contributed by atoms with E-state index < -0.39 is 22.3 Å². The minimum atomic E-state index is -0.950. The van der Waals surface area contributed by atoms with Crippen LogP contribution in [0.2, 0.25) is 0 Å². The lowest BCUT2D eigenvalue weighted by atomic mass is 9.81. The van der Waals surface area contributed by atoms with Crippen LogP contribution in [0.5, 0.6) is 0 Å². The lowest BCUT2D eigenvalue weighted by molar-refractivity contribution is -0.387. The van der Waals surface area contributed by atoms with Crippen molar-refractivity contribution in [1.82, 2.24) is 5.32 Å². The van der Waals surface area contributed by atoms with Crippen LogP contribution in [0.4, 0.5) is 10.1 Å². The molecule has 0 fully saturated rings. The van der Waals surface area contributed by atoms with E-state index in [0.717, 1.165) is 12.1 Å². The molecular formula is C14H19FN2O3. The smallest absolute Gasteiger partial charge is 0.305 e. The highest BCUT2D eigenvalue weighted by atomic mass is 19.1. The molecule has 0 bridgehead atoms. The first-order valence-corrected chi connectivity index (χ1v) is 6.37. The number of amides is 1. The van der Waals surface area contributed by atoms with Crippen LogP contribution in [0, 0.1) is 27.3 Å². The molecule has 0 saturated carbocycles. The van der Waals surface area contributed by atoms with Gasteiger partial charge in [0, 0.05) is 18.2 Å². The Bertz CT molecular complexity index is 527. The van der Waals surface area contributed by atoms with Gasteiger partial charge in [0.05, 0.1) is 4.92 Å². The molecule has 0 saturated heterocycles. The van der Waals surface area contributed by atoms with Gasteiger partial charge >= 0.3 is 5.69 Å². The van der Waals surface area contributed by atoms with E-state index >= 15 is 0 Å². The van der Waals surface area contributed by atoms with E-state index in [9.17, 15) is 19.3 Å². The van der Waals surface area contributed by atoms with Gasteiger partial charge in [0.15, 0.2) is 0 Å². The maximum atomic E-state index is 13.2. The number of nitrogens with one attached hydrogen (secondary N) is 1. The van der Waals surface area contributed by atoms with Gasteiger partial charge in [-0.1, -0.05) is 27.7 Å². The van der Waals surface area contributed by atoms with Crippen LogP contribution in [0.3, 0.4) is 0 Å². The van der Waals surface area contributed by atoms with E-state index in [0.29, 0.717) is 12.5 Å². The third-order valence-electron chi connectivity index (χ3n) is 3.67. The van der Waals surface area contributed by atoms with Crippen LogP contribution in [0.15, 0.2) is 18.2 Å². The predicted molar refractivity (Wildman–Crippen MR) is 74.0 cm³/mol. The van der Waals surface area contributed by atoms with Crippen molar-refractivity contribution in [3.8, 4) is 0 Å². The van der Waals surface area contributed by atoms with Crippen molar-refractivity contribution >= 4 is 11.6 Å². The van der Waals surface area contributed by atoms with E-state index in [1.807, 2.05) is 13.8 Å². The molecule has 0 unspecified atom stereocenters. The topological polar surface area (TPSA) is 72.2 Å². The highest BCUT2D eigenvalue weighted by Gasteiger charge is 2.24. The molecule has 0 atom stereocenters. The molecule has 0 aliphatic rings. The highest BCUT2D eigenvalue weighted by molar-refractivity contribution is 5.94. The third kappa shape index (κ3) is 3.76. The lowest BCUT2D eigenvalue weighted by Gasteiger charge is -2.29. The Kier molecular flexibility index (Phi) is 4.81. The summed E-state index contributed by atoms with van der Waals surface area (Å²) in [5.41, 5.74) is -0.708. The summed E-state index contributed by atoms with van der Waals surface area (Å²) in [6.45, 7) is 8.58. The second-order valence-electron chi connectivity index (χ2n) is 5.75. The molecule has 0 aromatic heterocycles. The standard InChI is InChI=1S/C14H19FN2O3/c1-9(2)14(3,4)8-16-13(18)10-5-6-11(15)12(7-10)17(19)20/h5-7,9H,8H2,1-4H3,(H,16,18). The highest BCUT2D eigenvalue weighted by Crippen LogP contribution is 2.25. The van der Waals surface area contributed by atoms with Crippen molar-refractivity contribution in [3.05, 3.63) is 39.7 Å². The Morgan fingerprint density at radius 3 is 2.55 bits per heavy atom. The van der Waals surface area contributed by atoms with Crippen molar-refractivity contribution in [3.63, 3.8) is 0 Å². The molecular weight excluding hydrogens is 263 g/mol. The quantitative estimate of drug-likeness (QED) is 0.666. The van der Waals surface area contributed by atoms with E-state index in [1.165, 1.54) is 6.07 Å². The summed E-state index contributed by atoms with van der Waals surface area (Å²) in [5.74, 6) is -1.03. The van der Waals surface area contributed by atoms with Crippen molar-refractivity contribution in [1.29, 1.82) is 0 Å². The monoisotopic (exact) mass is 282 g/mol. The van der Waals surface area contributed by atoms with E-state index in [-0.39, 0.29) is 11.0 Å². The molecule has 110 valence electrons. The Hall–Kier alpha value is -1.98. The average Bonchev–Trinajstić information content (AvgIpc) is 2.36. The molecule has 1 aromatic carbocycles. The molecule has 0 aliphatic carbocycles. The molecule has 1 aromatic rings. The van der Waals surface area contributed by atoms with E-state index in [4.69, 9.17) is 0 Å². The van der Waals surface area contributed by atoms with Crippen LogP contribution >= 0.6 is 0 Å². The first-order valence-electron chi connectivity index (χ1n) is 6.37. The van der Waals surface area contributed by atoms with Gasteiger partial charge in [0.1, 0.15) is 0 Å². The molecule has 20 heavy (non-hydrogen) atoms. The van der Waals surface area contributed by atoms with Crippen LogP contribution in [-0.4, -0.2) is 17.4 Å². The van der Waals surface area contributed by atoms with Crippen LogP contribution in [0.25, 0.3) is 0 Å². The van der Waals surface area contributed by atoms with Crippen molar-refractivity contribution < 1.29 is 14.1 Å². The summed E-state index contributed by atoms with van der Waals surface area (Å²) in [7, 11) is 0. The molecule has 0 heterocycles. The van der Waals surface area contributed by atoms with Crippen molar-refractivity contribution in [2.45, 2.75) is 27.7 Å². The number of hydrogen-bond acceptors (Lipinski definition) is 3. The number of nitro benzene ring substituents is 1. The van der Waals surface area contributed by atoms with Gasteiger partial charge in [0.25, 0.3) is 5.91 Å². The number of carbonyl (C=O) groups is 1. The molecule has 0 radical (unpaired) electrons. The number of nitro groups is 1. The van der Waals surface area contributed by atoms with Gasteiger partial charge in [-0.2, -0.15) is 4.39 Å². The molecule has 5 nitrogen and oxygen atoms in total. The Morgan fingerprint density at radius 2 is 2.05 bits per heavy atom. The summed E-state index contributed by atoms with van der Waals surface area (Å²) >= 11 is 0. The molecule has 1 rings (SSSR count). The summed E-state index contributed by atoms with van der Waals surface area (Å²) in [6, 6.07) is 3.12. The van der Waals surface area contributed by atoms with Crippen LogP contribution in [0.1, 0.15) is 38.1 Å². The fourth-order valence-corrected chi connectivity index (χ4v) is 1.41. The summed E-state index contributed by atoms with van der Waals surface area (Å²) < 4.78 is 13.2. The zero-order valence-electron chi connectivity index (χ0n) is 12.1. The fourth-order valence-electron chi connectivity index (χ4n) is 1.41. The van der Waals surface area contributed by atoms with Gasteiger partial charge in [-0.15, -0.1) is 0 Å². The first kappa shape index (κ1) is 16.1. The molecule has 1 amide bonds. The SMILES string of the molecule is CC(C)C(C)(C)CNC(=O)c1ccc(F)c([N+](=O)[O-])c1. The number of hydrogen-bond donors (Lipinski definition) is 1. The van der Waals surface area contributed by atoms with E-state index in [1.54, 1.807) is 0 Å². The number of rotatable bonds is 5. The van der Waals surface area contributed by atoms with Gasteiger partial charge in [-0.25, -0.2) is 0 Å². The summed E-state index contributed by atoms with van der Waals surface area (Å²) in [5, 5.41) is 13.4. The Balaban J connectivity index is 2.84. The van der Waals surface area contributed by atoms with Gasteiger partial charge in [-0.3, -0.25) is 14.9 Å². The molecule has 6 heteroatoms. The van der Waals surface area contributed by atoms with Crippen LogP contribution in [-0.2, 0) is 0 Å². The summed E-state index contributed by atoms with van der Waals surface area (Å²) in [4.78, 5) is 21.7. The molecule has 0 spiro atoms. The fraction of sp³-hybridized carbons (Fsp3) is 0.500. The number of halogens is 1. The van der Waals surface area contributed by atoms with Gasteiger partial charge < -0.3 is 5.32 Å². The van der Waals surface area contributed by atoms with Crippen LogP contribution < -0.4 is 5.32 Å². The number of nitrogens with zero attached hydrogens (tertiary/aromatic N) is 1. The van der Waals surface area contributed by atoms with E-state index in [2.05, 4.69) is 19.2 Å². The average molecular weight is 282 g/mol. The first-order chi connectivity index (χ1) is 9.15. The molecule has 0 aliphatic heterocycles. The predicted octanol–water partition coefficient (Wildman–Crippen LogP) is 3.15. The minimum Gasteiger partial charge on any atom is -0.351 e. The maximum absolute atomic E-state index is 13.2. The van der Waals surface area contributed by atoms with Crippen molar-refractivity contribution in [2.24, 2.45) is 11.3 Å².